The molecular formula is C25H36N4OS. The molecule has 4 rings (SSSR count). The highest BCUT2D eigenvalue weighted by atomic mass is 32.1. The summed E-state index contributed by atoms with van der Waals surface area (Å²) in [5.74, 6) is 0.768. The number of piperidine rings is 1. The molecule has 0 spiro atoms. The van der Waals surface area contributed by atoms with Crippen LogP contribution in [-0.4, -0.2) is 78.5 Å². The standard InChI is InChI=1S/C25H36N4OS/c1-19-24(31-18-26-19)25(30)29(12-6-11-27(2)3)17-20-9-13-28(14-10-20)23-15-21-7-4-5-8-22(21)16-23/h4-5,7-8,18,20,23H,6,9-17H2,1-3H3. The second kappa shape index (κ2) is 10.2. The molecule has 2 aliphatic rings. The summed E-state index contributed by atoms with van der Waals surface area (Å²) >= 11 is 1.48. The maximum atomic E-state index is 13.2. The van der Waals surface area contributed by atoms with E-state index in [1.807, 2.05) is 6.92 Å². The fourth-order valence-electron chi connectivity index (χ4n) is 5.11. The van der Waals surface area contributed by atoms with Gasteiger partial charge in [-0.2, -0.15) is 0 Å². The molecule has 0 bridgehead atoms. The minimum Gasteiger partial charge on any atom is -0.338 e. The third-order valence-electron chi connectivity index (χ3n) is 6.93. The third-order valence-corrected chi connectivity index (χ3v) is 7.85. The Labute approximate surface area is 191 Å². The number of benzene rings is 1. The van der Waals surface area contributed by atoms with E-state index in [0.717, 1.165) is 49.7 Å². The Morgan fingerprint density at radius 3 is 2.39 bits per heavy atom. The minimum absolute atomic E-state index is 0.174. The number of amides is 1. The molecule has 0 radical (unpaired) electrons. The van der Waals surface area contributed by atoms with Crippen molar-refractivity contribution in [2.75, 3.05) is 46.8 Å². The first-order valence-corrected chi connectivity index (χ1v) is 12.5. The number of aromatic nitrogens is 1. The molecule has 168 valence electrons. The number of aryl methyl sites for hydroxylation is 1. The van der Waals surface area contributed by atoms with Crippen molar-refractivity contribution < 1.29 is 4.79 Å². The molecule has 0 saturated carbocycles. The lowest BCUT2D eigenvalue weighted by Crippen LogP contribution is -2.45. The first-order chi connectivity index (χ1) is 15.0. The van der Waals surface area contributed by atoms with E-state index in [4.69, 9.17) is 0 Å². The van der Waals surface area contributed by atoms with E-state index in [0.29, 0.717) is 12.0 Å². The molecule has 0 N–H and O–H groups in total. The van der Waals surface area contributed by atoms with Crippen molar-refractivity contribution in [1.29, 1.82) is 0 Å². The second-order valence-corrected chi connectivity index (χ2v) is 10.3. The number of rotatable bonds is 8. The first kappa shape index (κ1) is 22.4. The molecule has 1 aromatic heterocycles. The van der Waals surface area contributed by atoms with Crippen LogP contribution in [0.25, 0.3) is 0 Å². The summed E-state index contributed by atoms with van der Waals surface area (Å²) in [6.45, 7) is 6.96. The number of carbonyl (C=O) groups is 1. The number of nitrogens with zero attached hydrogens (tertiary/aromatic N) is 4. The summed E-state index contributed by atoms with van der Waals surface area (Å²) in [6.07, 6.45) is 5.77. The van der Waals surface area contributed by atoms with E-state index in [9.17, 15) is 4.79 Å². The first-order valence-electron chi connectivity index (χ1n) is 11.7. The van der Waals surface area contributed by atoms with Gasteiger partial charge in [-0.05, 0) is 89.8 Å². The molecule has 1 aliphatic heterocycles. The van der Waals surface area contributed by atoms with Gasteiger partial charge in [0.05, 0.1) is 11.2 Å². The molecule has 0 unspecified atom stereocenters. The van der Waals surface area contributed by atoms with Gasteiger partial charge >= 0.3 is 0 Å². The molecule has 6 heteroatoms. The molecular weight excluding hydrogens is 404 g/mol. The zero-order valence-electron chi connectivity index (χ0n) is 19.2. The van der Waals surface area contributed by atoms with Gasteiger partial charge in [-0.1, -0.05) is 24.3 Å². The SMILES string of the molecule is Cc1ncsc1C(=O)N(CCCN(C)C)CC1CCN(C2Cc3ccccc3C2)CC1. The molecule has 2 heterocycles. The summed E-state index contributed by atoms with van der Waals surface area (Å²) in [5.41, 5.74) is 5.72. The highest BCUT2D eigenvalue weighted by molar-refractivity contribution is 7.11. The van der Waals surface area contributed by atoms with Crippen LogP contribution in [0, 0.1) is 12.8 Å². The normalized spacial score (nSPS) is 17.9. The van der Waals surface area contributed by atoms with Gasteiger partial charge in [0.1, 0.15) is 4.88 Å². The van der Waals surface area contributed by atoms with Crippen LogP contribution in [0.15, 0.2) is 29.8 Å². The Kier molecular flexibility index (Phi) is 7.41. The second-order valence-electron chi connectivity index (χ2n) is 9.49. The third kappa shape index (κ3) is 5.54. The number of carbonyl (C=O) groups excluding carboxylic acids is 1. The molecule has 1 fully saturated rings. The van der Waals surface area contributed by atoms with Gasteiger partial charge in [0.15, 0.2) is 0 Å². The van der Waals surface area contributed by atoms with E-state index in [1.54, 1.807) is 5.51 Å². The predicted octanol–water partition coefficient (Wildman–Crippen LogP) is 3.72. The summed E-state index contributed by atoms with van der Waals surface area (Å²) < 4.78 is 0. The molecule has 5 nitrogen and oxygen atoms in total. The Bertz CT molecular complexity index is 847. The van der Waals surface area contributed by atoms with Crippen LogP contribution in [0.4, 0.5) is 0 Å². The number of thiazole rings is 1. The summed E-state index contributed by atoms with van der Waals surface area (Å²) in [6, 6.07) is 9.58. The average Bonchev–Trinajstić information content (AvgIpc) is 3.39. The fraction of sp³-hybridized carbons (Fsp3) is 0.600. The van der Waals surface area contributed by atoms with Crippen molar-refractivity contribution in [3.63, 3.8) is 0 Å². The molecule has 0 atom stereocenters. The van der Waals surface area contributed by atoms with Gasteiger partial charge < -0.3 is 9.80 Å². The number of likely N-dealkylation sites (tertiary alicyclic amines) is 1. The van der Waals surface area contributed by atoms with E-state index in [1.165, 1.54) is 48.1 Å². The fourth-order valence-corrected chi connectivity index (χ4v) is 5.88. The summed E-state index contributed by atoms with van der Waals surface area (Å²) in [5, 5.41) is 0. The monoisotopic (exact) mass is 440 g/mol. The van der Waals surface area contributed by atoms with Crippen LogP contribution < -0.4 is 0 Å². The number of hydrogen-bond acceptors (Lipinski definition) is 5. The van der Waals surface area contributed by atoms with Crippen molar-refractivity contribution in [2.45, 2.75) is 45.1 Å². The Balaban J connectivity index is 1.32. The van der Waals surface area contributed by atoms with Crippen LogP contribution >= 0.6 is 11.3 Å². The Hall–Kier alpha value is -1.76. The maximum Gasteiger partial charge on any atom is 0.265 e. The number of fused-ring (bicyclic) bond motifs is 1. The number of hydrogen-bond donors (Lipinski definition) is 0. The lowest BCUT2D eigenvalue weighted by atomic mass is 9.94. The summed E-state index contributed by atoms with van der Waals surface area (Å²) in [7, 11) is 4.19. The van der Waals surface area contributed by atoms with Crippen molar-refractivity contribution in [1.82, 2.24) is 19.7 Å². The van der Waals surface area contributed by atoms with Crippen LogP contribution in [0.3, 0.4) is 0 Å². The molecule has 31 heavy (non-hydrogen) atoms. The average molecular weight is 441 g/mol. The Morgan fingerprint density at radius 1 is 1.13 bits per heavy atom. The molecule has 1 aromatic carbocycles. The van der Waals surface area contributed by atoms with Crippen molar-refractivity contribution in [2.24, 2.45) is 5.92 Å². The molecule has 1 saturated heterocycles. The predicted molar refractivity (Wildman–Crippen MR) is 128 cm³/mol. The lowest BCUT2D eigenvalue weighted by Gasteiger charge is -2.38. The maximum absolute atomic E-state index is 13.2. The summed E-state index contributed by atoms with van der Waals surface area (Å²) in [4.78, 5) is 25.4. The largest absolute Gasteiger partial charge is 0.338 e. The molecule has 2 aromatic rings. The van der Waals surface area contributed by atoms with E-state index < -0.39 is 0 Å². The van der Waals surface area contributed by atoms with Gasteiger partial charge in [-0.15, -0.1) is 11.3 Å². The highest BCUT2D eigenvalue weighted by Crippen LogP contribution is 2.29. The van der Waals surface area contributed by atoms with E-state index in [2.05, 4.69) is 58.0 Å². The van der Waals surface area contributed by atoms with Crippen LogP contribution in [0.1, 0.15) is 45.8 Å². The zero-order valence-corrected chi connectivity index (χ0v) is 20.0. The van der Waals surface area contributed by atoms with Gasteiger partial charge in [0, 0.05) is 19.1 Å². The van der Waals surface area contributed by atoms with Gasteiger partial charge in [0.2, 0.25) is 0 Å². The topological polar surface area (TPSA) is 39.7 Å². The van der Waals surface area contributed by atoms with Crippen LogP contribution in [0.5, 0.6) is 0 Å². The van der Waals surface area contributed by atoms with Gasteiger partial charge in [-0.3, -0.25) is 9.69 Å². The van der Waals surface area contributed by atoms with Crippen LogP contribution in [0.2, 0.25) is 0 Å². The van der Waals surface area contributed by atoms with Gasteiger partial charge in [-0.25, -0.2) is 4.98 Å². The zero-order chi connectivity index (χ0) is 21.8. The van der Waals surface area contributed by atoms with Crippen molar-refractivity contribution >= 4 is 17.2 Å². The molecule has 1 aliphatic carbocycles. The smallest absolute Gasteiger partial charge is 0.265 e. The lowest BCUT2D eigenvalue weighted by molar-refractivity contribution is 0.0664. The van der Waals surface area contributed by atoms with Gasteiger partial charge in [0.25, 0.3) is 5.91 Å². The van der Waals surface area contributed by atoms with Crippen molar-refractivity contribution in [3.05, 3.63) is 51.5 Å². The quantitative estimate of drug-likeness (QED) is 0.627. The minimum atomic E-state index is 0.174. The molecule has 1 amide bonds. The Morgan fingerprint density at radius 2 is 1.81 bits per heavy atom. The van der Waals surface area contributed by atoms with E-state index in [-0.39, 0.29) is 5.91 Å². The highest BCUT2D eigenvalue weighted by Gasteiger charge is 2.31. The van der Waals surface area contributed by atoms with Crippen molar-refractivity contribution in [3.8, 4) is 0 Å². The van der Waals surface area contributed by atoms with Crippen LogP contribution in [-0.2, 0) is 12.8 Å². The van der Waals surface area contributed by atoms with E-state index >= 15 is 0 Å².